The van der Waals surface area contributed by atoms with Gasteiger partial charge in [0.15, 0.2) is 11.5 Å². The number of hydrogen-bond acceptors (Lipinski definition) is 5. The Morgan fingerprint density at radius 1 is 0.844 bits per heavy atom. The van der Waals surface area contributed by atoms with E-state index in [1.165, 1.54) is 24.8 Å². The van der Waals surface area contributed by atoms with Gasteiger partial charge in [-0.15, -0.1) is 34.0 Å². The Morgan fingerprint density at radius 3 is 2.28 bits per heavy atom. The van der Waals surface area contributed by atoms with Gasteiger partial charge in [0, 0.05) is 11.6 Å². The average molecular weight is 574 g/mol. The molecule has 32 heavy (non-hydrogen) atoms. The van der Waals surface area contributed by atoms with E-state index < -0.39 is 0 Å². The number of nitrogens with two attached hydrogens (primary N) is 1. The Balaban J connectivity index is 0.00000256. The molecule has 2 aromatic carbocycles. The van der Waals surface area contributed by atoms with Gasteiger partial charge in [-0.25, -0.2) is 0 Å². The van der Waals surface area contributed by atoms with Gasteiger partial charge in [0.1, 0.15) is 5.75 Å². The summed E-state index contributed by atoms with van der Waals surface area (Å²) in [6.07, 6.45) is 9.50. The molecule has 0 fully saturated rings. The van der Waals surface area contributed by atoms with Gasteiger partial charge in [-0.05, 0) is 86.9 Å². The molecule has 0 aromatic heterocycles. The number of aromatic hydroxyl groups is 3. The molecule has 0 radical (unpaired) electrons. The Morgan fingerprint density at radius 2 is 1.53 bits per heavy atom. The third kappa shape index (κ3) is 8.25. The third-order valence-electron chi connectivity index (χ3n) is 6.32. The van der Waals surface area contributed by atoms with E-state index in [2.05, 4.69) is 5.32 Å². The zero-order valence-electron chi connectivity index (χ0n) is 18.6. The quantitative estimate of drug-likeness (QED) is 0.181. The van der Waals surface area contributed by atoms with Crippen LogP contribution in [0.1, 0.15) is 67.6 Å². The van der Waals surface area contributed by atoms with Gasteiger partial charge in [-0.1, -0.05) is 37.5 Å². The van der Waals surface area contributed by atoms with Crippen LogP contribution in [0.4, 0.5) is 0 Å². The maximum Gasteiger partial charge on any atom is 0.160 e. The fraction of sp³-hybridized carbons (Fsp3) is 0.520. The summed E-state index contributed by atoms with van der Waals surface area (Å²) in [7, 11) is 0. The van der Waals surface area contributed by atoms with Crippen LogP contribution in [0.2, 0.25) is 0 Å². The molecule has 3 rings (SSSR count). The second-order valence-electron chi connectivity index (χ2n) is 8.53. The van der Waals surface area contributed by atoms with Gasteiger partial charge >= 0.3 is 0 Å². The van der Waals surface area contributed by atoms with Gasteiger partial charge in [0.2, 0.25) is 0 Å². The number of halogens is 2. The highest BCUT2D eigenvalue weighted by molar-refractivity contribution is 8.93. The molecule has 1 aliphatic rings. The minimum Gasteiger partial charge on any atom is -0.508 e. The van der Waals surface area contributed by atoms with Crippen molar-refractivity contribution in [2.45, 2.75) is 69.7 Å². The van der Waals surface area contributed by atoms with Crippen LogP contribution in [0.25, 0.3) is 0 Å². The van der Waals surface area contributed by atoms with Crippen molar-refractivity contribution < 1.29 is 15.3 Å². The topological polar surface area (TPSA) is 98.7 Å². The van der Waals surface area contributed by atoms with Crippen molar-refractivity contribution in [2.24, 2.45) is 5.73 Å². The van der Waals surface area contributed by atoms with Crippen LogP contribution in [-0.4, -0.2) is 34.5 Å². The molecular weight excluding hydrogens is 536 g/mol. The average Bonchev–Trinajstić information content (AvgIpc) is 2.74. The van der Waals surface area contributed by atoms with E-state index in [0.29, 0.717) is 5.75 Å². The summed E-state index contributed by atoms with van der Waals surface area (Å²) in [5.74, 6) is 0.613. The van der Waals surface area contributed by atoms with Crippen molar-refractivity contribution >= 4 is 34.0 Å². The van der Waals surface area contributed by atoms with Crippen LogP contribution in [0, 0.1) is 0 Å². The maximum absolute atomic E-state index is 10.1. The van der Waals surface area contributed by atoms with Crippen molar-refractivity contribution in [1.29, 1.82) is 0 Å². The van der Waals surface area contributed by atoms with Gasteiger partial charge < -0.3 is 26.4 Å². The molecule has 2 atom stereocenters. The minimum atomic E-state index is -0.0291. The van der Waals surface area contributed by atoms with E-state index in [1.807, 2.05) is 18.2 Å². The third-order valence-corrected chi connectivity index (χ3v) is 6.32. The highest BCUT2D eigenvalue weighted by Gasteiger charge is 2.29. The Labute approximate surface area is 213 Å². The lowest BCUT2D eigenvalue weighted by molar-refractivity contribution is 0.380. The van der Waals surface area contributed by atoms with Gasteiger partial charge in [0.25, 0.3) is 0 Å². The molecule has 2 unspecified atom stereocenters. The van der Waals surface area contributed by atoms with Gasteiger partial charge in [0.05, 0.1) is 0 Å². The summed E-state index contributed by atoms with van der Waals surface area (Å²) in [6, 6.07) is 11.1. The number of fused-ring (bicyclic) bond motifs is 1. The van der Waals surface area contributed by atoms with Gasteiger partial charge in [-0.3, -0.25) is 0 Å². The first-order valence-corrected chi connectivity index (χ1v) is 11.3. The summed E-state index contributed by atoms with van der Waals surface area (Å²) in [5.41, 5.74) is 9.65. The van der Waals surface area contributed by atoms with E-state index in [4.69, 9.17) is 5.73 Å². The standard InChI is InChI=1S/C25H36N2O3.2BrH/c26-23-14-12-22-20(13-15-24(29)25(22)30)21(23)7-3-1-2-4-16-27-17-5-6-18-8-10-19(28)11-9-18;;/h8-11,13,15,21,23,27-30H,1-7,12,14,16-17,26H2;2*1H. The summed E-state index contributed by atoms with van der Waals surface area (Å²) < 4.78 is 0. The summed E-state index contributed by atoms with van der Waals surface area (Å²) in [4.78, 5) is 0. The molecule has 2 aromatic rings. The summed E-state index contributed by atoms with van der Waals surface area (Å²) in [6.45, 7) is 2.07. The van der Waals surface area contributed by atoms with Crippen LogP contribution < -0.4 is 11.1 Å². The molecular formula is C25H38Br2N2O3. The summed E-state index contributed by atoms with van der Waals surface area (Å²) >= 11 is 0. The van der Waals surface area contributed by atoms with Crippen molar-refractivity contribution in [3.8, 4) is 17.2 Å². The normalized spacial score (nSPS) is 17.2. The predicted octanol–water partition coefficient (Wildman–Crippen LogP) is 5.49. The molecule has 0 bridgehead atoms. The number of phenolic OH excluding ortho intramolecular Hbond substituents is 3. The molecule has 0 spiro atoms. The van der Waals surface area contributed by atoms with E-state index in [0.717, 1.165) is 62.7 Å². The highest BCUT2D eigenvalue weighted by Crippen LogP contribution is 2.42. The molecule has 1 aliphatic carbocycles. The Hall–Kier alpha value is -1.28. The van der Waals surface area contributed by atoms with E-state index in [9.17, 15) is 15.3 Å². The van der Waals surface area contributed by atoms with Crippen molar-refractivity contribution in [3.63, 3.8) is 0 Å². The lowest BCUT2D eigenvalue weighted by Gasteiger charge is -2.32. The predicted molar refractivity (Wildman–Crippen MR) is 142 cm³/mol. The molecule has 6 N–H and O–H groups in total. The zero-order chi connectivity index (χ0) is 21.3. The van der Waals surface area contributed by atoms with E-state index >= 15 is 0 Å². The number of benzene rings is 2. The zero-order valence-corrected chi connectivity index (χ0v) is 22.1. The second-order valence-corrected chi connectivity index (χ2v) is 8.53. The smallest absolute Gasteiger partial charge is 0.160 e. The number of aryl methyl sites for hydroxylation is 1. The number of hydrogen-bond donors (Lipinski definition) is 5. The lowest BCUT2D eigenvalue weighted by Crippen LogP contribution is -2.33. The first-order valence-electron chi connectivity index (χ1n) is 11.3. The highest BCUT2D eigenvalue weighted by atomic mass is 79.9. The van der Waals surface area contributed by atoms with Crippen LogP contribution in [0.5, 0.6) is 17.2 Å². The first kappa shape index (κ1) is 28.8. The number of phenols is 3. The van der Waals surface area contributed by atoms with E-state index in [1.54, 1.807) is 18.2 Å². The monoisotopic (exact) mass is 572 g/mol. The molecule has 5 nitrogen and oxygen atoms in total. The van der Waals surface area contributed by atoms with Crippen LogP contribution in [0.15, 0.2) is 36.4 Å². The Bertz CT molecular complexity index is 803. The lowest BCUT2D eigenvalue weighted by atomic mass is 9.76. The van der Waals surface area contributed by atoms with E-state index in [-0.39, 0.29) is 57.4 Å². The molecule has 0 saturated carbocycles. The molecule has 0 heterocycles. The minimum absolute atomic E-state index is 0. The largest absolute Gasteiger partial charge is 0.508 e. The van der Waals surface area contributed by atoms with Crippen molar-refractivity contribution in [1.82, 2.24) is 5.32 Å². The fourth-order valence-electron chi connectivity index (χ4n) is 4.54. The maximum atomic E-state index is 10.1. The van der Waals surface area contributed by atoms with Crippen molar-refractivity contribution in [3.05, 3.63) is 53.1 Å². The molecule has 180 valence electrons. The molecule has 0 aliphatic heterocycles. The second kappa shape index (κ2) is 14.8. The van der Waals surface area contributed by atoms with Crippen molar-refractivity contribution in [2.75, 3.05) is 13.1 Å². The number of unbranched alkanes of at least 4 members (excludes halogenated alkanes) is 3. The SMILES string of the molecule is Br.Br.NC1CCc2c(ccc(O)c2O)C1CCCCCCNCCCc1ccc(O)cc1. The van der Waals surface area contributed by atoms with Crippen LogP contribution in [0.3, 0.4) is 0 Å². The van der Waals surface area contributed by atoms with Crippen LogP contribution in [-0.2, 0) is 12.8 Å². The van der Waals surface area contributed by atoms with Gasteiger partial charge in [-0.2, -0.15) is 0 Å². The van der Waals surface area contributed by atoms with Crippen LogP contribution >= 0.6 is 34.0 Å². The molecule has 7 heteroatoms. The Kier molecular flexibility index (Phi) is 13.3. The number of nitrogens with one attached hydrogen (secondary N) is 1. The fourth-order valence-corrected chi connectivity index (χ4v) is 4.54. The molecule has 0 amide bonds. The summed E-state index contributed by atoms with van der Waals surface area (Å²) in [5, 5.41) is 32.7. The molecule has 0 saturated heterocycles. The number of rotatable bonds is 11. The first-order chi connectivity index (χ1) is 14.6.